The van der Waals surface area contributed by atoms with Gasteiger partial charge in [-0.05, 0) is 50.7 Å². The van der Waals surface area contributed by atoms with Gasteiger partial charge in [0.25, 0.3) is 0 Å². The average molecular weight is 394 g/mol. The lowest BCUT2D eigenvalue weighted by Crippen LogP contribution is -2.45. The number of hydrogen-bond donors (Lipinski definition) is 0. The molecule has 2 aromatic rings. The second-order valence-electron chi connectivity index (χ2n) is 8.27. The number of para-hydroxylation sites is 1. The lowest BCUT2D eigenvalue weighted by Gasteiger charge is -2.30. The number of anilines is 1. The number of hydrogen-bond acceptors (Lipinski definition) is 3. The van der Waals surface area contributed by atoms with E-state index in [-0.39, 0.29) is 18.2 Å². The summed E-state index contributed by atoms with van der Waals surface area (Å²) in [6, 6.07) is 17.8. The van der Waals surface area contributed by atoms with Gasteiger partial charge in [-0.3, -0.25) is 9.59 Å². The van der Waals surface area contributed by atoms with Gasteiger partial charge < -0.3 is 14.7 Å². The van der Waals surface area contributed by atoms with Crippen molar-refractivity contribution in [3.63, 3.8) is 0 Å². The summed E-state index contributed by atoms with van der Waals surface area (Å²) in [7, 11) is 7.70. The summed E-state index contributed by atoms with van der Waals surface area (Å²) in [5, 5.41) is 0. The average Bonchev–Trinajstić information content (AvgIpc) is 2.91. The summed E-state index contributed by atoms with van der Waals surface area (Å²) < 4.78 is 0. The Balaban J connectivity index is 1.91. The van der Waals surface area contributed by atoms with Crippen LogP contribution in [-0.4, -0.2) is 62.9 Å². The van der Waals surface area contributed by atoms with Crippen molar-refractivity contribution in [2.45, 2.75) is 24.7 Å². The molecular formula is C24H31N3O2. The molecule has 2 amide bonds. The Kier molecular flexibility index (Phi) is 6.38. The van der Waals surface area contributed by atoms with Crippen molar-refractivity contribution in [2.75, 3.05) is 46.2 Å². The fourth-order valence-electron chi connectivity index (χ4n) is 4.21. The second kappa shape index (κ2) is 8.78. The van der Waals surface area contributed by atoms with Crippen molar-refractivity contribution >= 4 is 17.5 Å². The van der Waals surface area contributed by atoms with Crippen LogP contribution < -0.4 is 4.90 Å². The molecular weight excluding hydrogens is 362 g/mol. The molecule has 1 aliphatic rings. The second-order valence-corrected chi connectivity index (χ2v) is 8.27. The molecule has 1 aliphatic heterocycles. The minimum Gasteiger partial charge on any atom is -0.346 e. The van der Waals surface area contributed by atoms with Gasteiger partial charge in [-0.2, -0.15) is 0 Å². The molecule has 5 heteroatoms. The van der Waals surface area contributed by atoms with Crippen molar-refractivity contribution in [1.82, 2.24) is 9.80 Å². The summed E-state index contributed by atoms with van der Waals surface area (Å²) in [5.74, 6) is 0.00994. The normalized spacial score (nSPS) is 18.2. The van der Waals surface area contributed by atoms with Crippen LogP contribution >= 0.6 is 0 Å². The van der Waals surface area contributed by atoms with E-state index in [1.165, 1.54) is 0 Å². The Morgan fingerprint density at radius 3 is 2.31 bits per heavy atom. The molecule has 0 aromatic heterocycles. The van der Waals surface area contributed by atoms with Crippen molar-refractivity contribution in [3.8, 4) is 0 Å². The number of benzene rings is 2. The third kappa shape index (κ3) is 4.35. The highest BCUT2D eigenvalue weighted by Crippen LogP contribution is 2.45. The maximum atomic E-state index is 13.5. The van der Waals surface area contributed by atoms with Crippen LogP contribution in [0.15, 0.2) is 54.6 Å². The Labute approximate surface area is 173 Å². The van der Waals surface area contributed by atoms with Crippen LogP contribution in [0.25, 0.3) is 0 Å². The molecule has 154 valence electrons. The van der Waals surface area contributed by atoms with E-state index in [1.54, 1.807) is 16.8 Å². The number of amides is 2. The van der Waals surface area contributed by atoms with E-state index in [2.05, 4.69) is 4.90 Å². The standard InChI is InChI=1S/C24H31N3O2/c1-25(2)15-10-16-26(3)22(28)18-24(17-19-11-6-5-7-12-19)20-13-8-9-14-21(20)27(4)23(24)29/h5-9,11-14H,10,15-18H2,1-4H3/t24-/m1/s1. The number of carbonyl (C=O) groups excluding carboxylic acids is 2. The number of likely N-dealkylation sites (N-methyl/N-ethyl adjacent to an activating group) is 1. The number of carbonyl (C=O) groups is 2. The number of nitrogens with zero attached hydrogens (tertiary/aromatic N) is 3. The zero-order valence-corrected chi connectivity index (χ0v) is 17.9. The van der Waals surface area contributed by atoms with Gasteiger partial charge in [-0.15, -0.1) is 0 Å². The van der Waals surface area contributed by atoms with Gasteiger partial charge in [0.15, 0.2) is 0 Å². The van der Waals surface area contributed by atoms with Crippen LogP contribution in [0.4, 0.5) is 5.69 Å². The number of rotatable bonds is 8. The van der Waals surface area contributed by atoms with Crippen molar-refractivity contribution in [2.24, 2.45) is 0 Å². The van der Waals surface area contributed by atoms with Gasteiger partial charge in [0.2, 0.25) is 11.8 Å². The maximum Gasteiger partial charge on any atom is 0.238 e. The monoisotopic (exact) mass is 393 g/mol. The first-order chi connectivity index (χ1) is 13.8. The SMILES string of the molecule is CN(C)CCCN(C)C(=O)C[C@@]1(Cc2ccccc2)C(=O)N(C)c2ccccc21. The Hall–Kier alpha value is -2.66. The van der Waals surface area contributed by atoms with Gasteiger partial charge in [0.1, 0.15) is 0 Å². The van der Waals surface area contributed by atoms with E-state index in [1.807, 2.05) is 75.7 Å². The van der Waals surface area contributed by atoms with Gasteiger partial charge in [0, 0.05) is 32.7 Å². The van der Waals surface area contributed by atoms with Crippen LogP contribution in [0.2, 0.25) is 0 Å². The fourth-order valence-corrected chi connectivity index (χ4v) is 4.21. The smallest absolute Gasteiger partial charge is 0.238 e. The zero-order valence-electron chi connectivity index (χ0n) is 17.9. The first-order valence-electron chi connectivity index (χ1n) is 10.2. The third-order valence-corrected chi connectivity index (χ3v) is 5.82. The minimum atomic E-state index is -0.862. The number of fused-ring (bicyclic) bond motifs is 1. The molecule has 1 heterocycles. The molecule has 0 unspecified atom stereocenters. The van der Waals surface area contributed by atoms with Crippen LogP contribution in [0, 0.1) is 0 Å². The first-order valence-corrected chi connectivity index (χ1v) is 10.2. The van der Waals surface area contributed by atoms with Gasteiger partial charge >= 0.3 is 0 Å². The van der Waals surface area contributed by atoms with E-state index in [0.717, 1.165) is 29.8 Å². The molecule has 0 saturated carbocycles. The molecule has 0 bridgehead atoms. The summed E-state index contributed by atoms with van der Waals surface area (Å²) in [6.45, 7) is 1.61. The highest BCUT2D eigenvalue weighted by Gasteiger charge is 2.51. The van der Waals surface area contributed by atoms with E-state index in [0.29, 0.717) is 13.0 Å². The van der Waals surface area contributed by atoms with E-state index < -0.39 is 5.41 Å². The molecule has 5 nitrogen and oxygen atoms in total. The van der Waals surface area contributed by atoms with Crippen molar-refractivity contribution in [1.29, 1.82) is 0 Å². The van der Waals surface area contributed by atoms with Crippen molar-refractivity contribution < 1.29 is 9.59 Å². The molecule has 0 radical (unpaired) electrons. The maximum absolute atomic E-state index is 13.5. The lowest BCUT2D eigenvalue weighted by atomic mass is 9.73. The first kappa shape index (κ1) is 21.1. The molecule has 2 aromatic carbocycles. The highest BCUT2D eigenvalue weighted by atomic mass is 16.2. The highest BCUT2D eigenvalue weighted by molar-refractivity contribution is 6.09. The Morgan fingerprint density at radius 2 is 1.62 bits per heavy atom. The largest absolute Gasteiger partial charge is 0.346 e. The van der Waals surface area contributed by atoms with Gasteiger partial charge in [-0.25, -0.2) is 0 Å². The summed E-state index contributed by atoms with van der Waals surface area (Å²) in [4.78, 5) is 32.3. The van der Waals surface area contributed by atoms with E-state index >= 15 is 0 Å². The molecule has 29 heavy (non-hydrogen) atoms. The van der Waals surface area contributed by atoms with Crippen LogP contribution in [0.5, 0.6) is 0 Å². The summed E-state index contributed by atoms with van der Waals surface area (Å²) >= 11 is 0. The Morgan fingerprint density at radius 1 is 0.966 bits per heavy atom. The molecule has 0 N–H and O–H groups in total. The van der Waals surface area contributed by atoms with Crippen LogP contribution in [0.3, 0.4) is 0 Å². The Bertz CT molecular complexity index is 865. The molecule has 0 saturated heterocycles. The lowest BCUT2D eigenvalue weighted by molar-refractivity contribution is -0.135. The summed E-state index contributed by atoms with van der Waals surface area (Å²) in [5.41, 5.74) is 2.05. The van der Waals surface area contributed by atoms with Crippen molar-refractivity contribution in [3.05, 3.63) is 65.7 Å². The molecule has 1 atom stereocenters. The quantitative estimate of drug-likeness (QED) is 0.693. The van der Waals surface area contributed by atoms with E-state index in [9.17, 15) is 9.59 Å². The zero-order chi connectivity index (χ0) is 21.0. The topological polar surface area (TPSA) is 43.9 Å². The van der Waals surface area contributed by atoms with Gasteiger partial charge in [-0.1, -0.05) is 48.5 Å². The van der Waals surface area contributed by atoms with Gasteiger partial charge in [0.05, 0.1) is 5.41 Å². The molecule has 0 fully saturated rings. The predicted octanol–water partition coefficient (Wildman–Crippen LogP) is 2.94. The molecule has 0 spiro atoms. The predicted molar refractivity (Wildman–Crippen MR) is 117 cm³/mol. The van der Waals surface area contributed by atoms with E-state index in [4.69, 9.17) is 0 Å². The summed E-state index contributed by atoms with van der Waals surface area (Å²) in [6.07, 6.45) is 1.61. The minimum absolute atomic E-state index is 0.00223. The molecule has 0 aliphatic carbocycles. The van der Waals surface area contributed by atoms with Crippen LogP contribution in [-0.2, 0) is 21.4 Å². The third-order valence-electron chi connectivity index (χ3n) is 5.82. The molecule has 3 rings (SSSR count). The fraction of sp³-hybridized carbons (Fsp3) is 0.417. The van der Waals surface area contributed by atoms with Crippen LogP contribution in [0.1, 0.15) is 24.0 Å².